The maximum Gasteiger partial charge on any atom is 0.0386 e. The summed E-state index contributed by atoms with van der Waals surface area (Å²) in [6.07, 6.45) is 2.75. The highest BCUT2D eigenvalue weighted by molar-refractivity contribution is 7.80. The molecule has 0 aliphatic carbocycles. The second-order valence-electron chi connectivity index (χ2n) is 1.19. The molecule has 0 saturated heterocycles. The molecule has 0 unspecified atom stereocenters. The third kappa shape index (κ3) is 5.76. The van der Waals surface area contributed by atoms with Crippen LogP contribution < -0.4 is 0 Å². The van der Waals surface area contributed by atoms with Crippen molar-refractivity contribution in [2.75, 3.05) is 6.54 Å². The second-order valence-corrected chi connectivity index (χ2v) is 1.46. The molecule has 0 aromatic heterocycles. The van der Waals surface area contributed by atoms with E-state index >= 15 is 0 Å². The van der Waals surface area contributed by atoms with E-state index in [9.17, 15) is 0 Å². The quantitative estimate of drug-likeness (QED) is 0.401. The smallest absolute Gasteiger partial charge is 0.0386 e. The summed E-state index contributed by atoms with van der Waals surface area (Å²) in [5.41, 5.74) is 0. The fourth-order valence-electron chi connectivity index (χ4n) is 0.247. The molecular formula is C5H9NS. The summed E-state index contributed by atoms with van der Waals surface area (Å²) in [4.78, 5) is 3.92. The van der Waals surface area contributed by atoms with Crippen molar-refractivity contribution in [1.29, 1.82) is 0 Å². The average Bonchev–Trinajstić information content (AvgIpc) is 1.69. The Labute approximate surface area is 49.5 Å². The van der Waals surface area contributed by atoms with E-state index < -0.39 is 0 Å². The number of thiocarbonyl (C=S) groups is 1. The molecule has 0 amide bonds. The topological polar surface area (TPSA) is 12.4 Å². The maximum atomic E-state index is 4.49. The summed E-state index contributed by atoms with van der Waals surface area (Å²) in [6.45, 7) is 2.98. The van der Waals surface area contributed by atoms with Crippen molar-refractivity contribution in [2.24, 2.45) is 4.99 Å². The lowest BCUT2D eigenvalue weighted by Gasteiger charge is -1.78. The molecule has 7 heavy (non-hydrogen) atoms. The van der Waals surface area contributed by atoms with E-state index in [0.717, 1.165) is 13.0 Å². The van der Waals surface area contributed by atoms with Gasteiger partial charge in [0.15, 0.2) is 0 Å². The standard InChI is InChI=1S/C5H9NS/c1-2-3-6-4-5-7/h4-5H,2-3H2,1H3. The Morgan fingerprint density at radius 3 is 2.86 bits per heavy atom. The lowest BCUT2D eigenvalue weighted by atomic mass is 10.5. The molecule has 0 saturated carbocycles. The Morgan fingerprint density at radius 2 is 2.43 bits per heavy atom. The van der Waals surface area contributed by atoms with Crippen molar-refractivity contribution in [2.45, 2.75) is 13.3 Å². The van der Waals surface area contributed by atoms with Crippen LogP contribution in [0.15, 0.2) is 4.99 Å². The van der Waals surface area contributed by atoms with Crippen molar-refractivity contribution in [3.05, 3.63) is 0 Å². The highest BCUT2D eigenvalue weighted by Gasteiger charge is 1.66. The fourth-order valence-corrected chi connectivity index (χ4v) is 0.333. The molecule has 40 valence electrons. The normalized spacial score (nSPS) is 9.86. The Hall–Kier alpha value is -0.240. The Balaban J connectivity index is 2.92. The lowest BCUT2D eigenvalue weighted by molar-refractivity contribution is 0.938. The molecule has 0 radical (unpaired) electrons. The van der Waals surface area contributed by atoms with Gasteiger partial charge in [-0.2, -0.15) is 0 Å². The van der Waals surface area contributed by atoms with Gasteiger partial charge in [0, 0.05) is 18.1 Å². The van der Waals surface area contributed by atoms with Crippen LogP contribution >= 0.6 is 12.2 Å². The van der Waals surface area contributed by atoms with E-state index in [0.29, 0.717) is 0 Å². The molecule has 0 aromatic rings. The van der Waals surface area contributed by atoms with Crippen LogP contribution in [0.25, 0.3) is 0 Å². The van der Waals surface area contributed by atoms with Crippen LogP contribution in [0.5, 0.6) is 0 Å². The zero-order valence-corrected chi connectivity index (χ0v) is 5.24. The Bertz CT molecular complexity index is 68.5. The Kier molecular flexibility index (Phi) is 5.56. The van der Waals surface area contributed by atoms with Crippen molar-refractivity contribution >= 4 is 23.8 Å². The zero-order chi connectivity index (χ0) is 5.54. The van der Waals surface area contributed by atoms with Gasteiger partial charge in [-0.15, -0.1) is 0 Å². The minimum absolute atomic E-state index is 0.896. The molecule has 0 fully saturated rings. The molecule has 0 heterocycles. The van der Waals surface area contributed by atoms with Crippen LogP contribution in [0.2, 0.25) is 0 Å². The van der Waals surface area contributed by atoms with E-state index in [1.165, 1.54) is 5.37 Å². The number of hydrogen-bond acceptors (Lipinski definition) is 2. The van der Waals surface area contributed by atoms with Crippen molar-refractivity contribution in [1.82, 2.24) is 0 Å². The first-order chi connectivity index (χ1) is 3.41. The number of rotatable bonds is 3. The summed E-state index contributed by atoms with van der Waals surface area (Å²) < 4.78 is 0. The van der Waals surface area contributed by atoms with Gasteiger partial charge in [0.25, 0.3) is 0 Å². The molecule has 1 nitrogen and oxygen atoms in total. The van der Waals surface area contributed by atoms with Gasteiger partial charge in [0.2, 0.25) is 0 Å². The summed E-state index contributed by atoms with van der Waals surface area (Å²) in [5.74, 6) is 0. The lowest BCUT2D eigenvalue weighted by Crippen LogP contribution is -1.75. The average molecular weight is 115 g/mol. The van der Waals surface area contributed by atoms with Crippen LogP contribution in [-0.2, 0) is 0 Å². The van der Waals surface area contributed by atoms with Crippen LogP contribution in [-0.4, -0.2) is 18.1 Å². The van der Waals surface area contributed by atoms with Gasteiger partial charge >= 0.3 is 0 Å². The third-order valence-electron chi connectivity index (χ3n) is 0.519. The highest BCUT2D eigenvalue weighted by Crippen LogP contribution is 1.72. The van der Waals surface area contributed by atoms with Gasteiger partial charge in [-0.05, 0) is 6.42 Å². The summed E-state index contributed by atoms with van der Waals surface area (Å²) in [5, 5.41) is 1.52. The first kappa shape index (κ1) is 6.76. The van der Waals surface area contributed by atoms with E-state index in [1.807, 2.05) is 0 Å². The first-order valence-electron chi connectivity index (χ1n) is 2.35. The number of nitrogens with zero attached hydrogens (tertiary/aromatic N) is 1. The minimum atomic E-state index is 0.896. The summed E-state index contributed by atoms with van der Waals surface area (Å²) >= 11 is 4.49. The number of hydrogen-bond donors (Lipinski definition) is 0. The molecule has 0 aliphatic heterocycles. The van der Waals surface area contributed by atoms with E-state index in [4.69, 9.17) is 0 Å². The Morgan fingerprint density at radius 1 is 1.71 bits per heavy atom. The number of aliphatic imine (C=N–C) groups is 1. The minimum Gasteiger partial charge on any atom is -0.292 e. The van der Waals surface area contributed by atoms with Gasteiger partial charge in [0.1, 0.15) is 0 Å². The van der Waals surface area contributed by atoms with Crippen molar-refractivity contribution < 1.29 is 0 Å². The van der Waals surface area contributed by atoms with E-state index in [1.54, 1.807) is 6.21 Å². The molecule has 0 aliphatic rings. The van der Waals surface area contributed by atoms with Gasteiger partial charge in [0.05, 0.1) is 0 Å². The van der Waals surface area contributed by atoms with Gasteiger partial charge < -0.3 is 0 Å². The molecule has 2 heteroatoms. The van der Waals surface area contributed by atoms with Crippen molar-refractivity contribution in [3.63, 3.8) is 0 Å². The third-order valence-corrected chi connectivity index (χ3v) is 0.641. The molecule has 0 N–H and O–H groups in total. The highest BCUT2D eigenvalue weighted by atomic mass is 32.1. The van der Waals surface area contributed by atoms with E-state index in [-0.39, 0.29) is 0 Å². The predicted molar refractivity (Wildman–Crippen MR) is 37.3 cm³/mol. The predicted octanol–water partition coefficient (Wildman–Crippen LogP) is 1.47. The van der Waals surface area contributed by atoms with Gasteiger partial charge in [-0.1, -0.05) is 19.1 Å². The van der Waals surface area contributed by atoms with Crippen molar-refractivity contribution in [3.8, 4) is 0 Å². The maximum absolute atomic E-state index is 4.49. The van der Waals surface area contributed by atoms with E-state index in [2.05, 4.69) is 24.1 Å². The molecule has 0 bridgehead atoms. The second kappa shape index (κ2) is 5.76. The molecule has 0 spiro atoms. The molecule has 0 atom stereocenters. The summed E-state index contributed by atoms with van der Waals surface area (Å²) in [6, 6.07) is 0. The van der Waals surface area contributed by atoms with Crippen LogP contribution in [0.1, 0.15) is 13.3 Å². The van der Waals surface area contributed by atoms with Crippen LogP contribution in [0.4, 0.5) is 0 Å². The van der Waals surface area contributed by atoms with Crippen LogP contribution in [0, 0.1) is 0 Å². The monoisotopic (exact) mass is 115 g/mol. The summed E-state index contributed by atoms with van der Waals surface area (Å²) in [7, 11) is 0. The molecule has 0 aromatic carbocycles. The largest absolute Gasteiger partial charge is 0.292 e. The molecular weight excluding hydrogens is 106 g/mol. The first-order valence-corrected chi connectivity index (χ1v) is 2.82. The fraction of sp³-hybridized carbons (Fsp3) is 0.600. The SMILES string of the molecule is CCCN=CC=S. The molecule has 0 rings (SSSR count). The van der Waals surface area contributed by atoms with Gasteiger partial charge in [-0.25, -0.2) is 0 Å². The van der Waals surface area contributed by atoms with Crippen LogP contribution in [0.3, 0.4) is 0 Å². The zero-order valence-electron chi connectivity index (χ0n) is 4.42. The van der Waals surface area contributed by atoms with Gasteiger partial charge in [-0.3, -0.25) is 4.99 Å².